The molecule has 0 spiro atoms. The van der Waals surface area contributed by atoms with Gasteiger partial charge in [0.2, 0.25) is 11.8 Å². The SMILES string of the molecule is CN[C@H](C(=O)N[C@H](C(=O)N(C)[C@H](C=C(C)C(=O)O)C(C)C)C(C)(C)C)C(C)(C)SCc1ccc(OC)cc1. The van der Waals surface area contributed by atoms with E-state index in [0.717, 1.165) is 11.3 Å². The molecule has 1 aromatic rings. The summed E-state index contributed by atoms with van der Waals surface area (Å²) in [5.74, 6) is -0.0756. The van der Waals surface area contributed by atoms with Gasteiger partial charge in [-0.1, -0.05) is 52.8 Å². The summed E-state index contributed by atoms with van der Waals surface area (Å²) in [6, 6.07) is 6.04. The number of rotatable bonds is 13. The van der Waals surface area contributed by atoms with Crippen LogP contribution in [0.15, 0.2) is 35.9 Å². The first-order valence-electron chi connectivity index (χ1n) is 12.9. The molecule has 0 aliphatic heterocycles. The predicted octanol–water partition coefficient (Wildman–Crippen LogP) is 4.34. The van der Waals surface area contributed by atoms with E-state index in [2.05, 4.69) is 10.6 Å². The smallest absolute Gasteiger partial charge is 0.331 e. The van der Waals surface area contributed by atoms with Crippen LogP contribution in [0, 0.1) is 11.3 Å². The Labute approximate surface area is 233 Å². The van der Waals surface area contributed by atoms with Gasteiger partial charge in [-0.2, -0.15) is 0 Å². The van der Waals surface area contributed by atoms with Gasteiger partial charge >= 0.3 is 5.97 Å². The quantitative estimate of drug-likeness (QED) is 0.314. The number of amides is 2. The van der Waals surface area contributed by atoms with Gasteiger partial charge in [0.15, 0.2) is 0 Å². The van der Waals surface area contributed by atoms with Crippen LogP contribution in [0.3, 0.4) is 0 Å². The maximum Gasteiger partial charge on any atom is 0.331 e. The molecule has 0 saturated heterocycles. The van der Waals surface area contributed by atoms with E-state index in [0.29, 0.717) is 5.75 Å². The van der Waals surface area contributed by atoms with Crippen LogP contribution in [0.4, 0.5) is 0 Å². The molecule has 38 heavy (non-hydrogen) atoms. The fraction of sp³-hybridized carbons (Fsp3) is 0.621. The Kier molecular flexibility index (Phi) is 12.4. The van der Waals surface area contributed by atoms with Gasteiger partial charge in [0.25, 0.3) is 0 Å². The molecule has 9 heteroatoms. The largest absolute Gasteiger partial charge is 0.497 e. The number of carboxylic acid groups (broad SMARTS) is 1. The maximum absolute atomic E-state index is 13.7. The molecule has 214 valence electrons. The Hall–Kier alpha value is -2.52. The Balaban J connectivity index is 3.14. The fourth-order valence-electron chi connectivity index (χ4n) is 4.17. The lowest BCUT2D eigenvalue weighted by atomic mass is 9.84. The standard InChI is InChI=1S/C29H47N3O5S/c1-18(2)22(16-19(3)27(35)36)32(10)26(34)24(28(4,5)6)31-25(33)23(30-9)29(7,8)38-17-20-12-14-21(37-11)15-13-20/h12-16,18,22-24,30H,17H2,1-11H3,(H,31,33)(H,35,36)/t22-,23-,24-/m1/s1. The van der Waals surface area contributed by atoms with Gasteiger partial charge in [0, 0.05) is 23.1 Å². The highest BCUT2D eigenvalue weighted by molar-refractivity contribution is 7.99. The molecule has 0 saturated carbocycles. The van der Waals surface area contributed by atoms with Crippen LogP contribution in [0.2, 0.25) is 0 Å². The lowest BCUT2D eigenvalue weighted by molar-refractivity contribution is -0.140. The topological polar surface area (TPSA) is 108 Å². The molecule has 0 fully saturated rings. The zero-order chi connectivity index (χ0) is 29.4. The van der Waals surface area contributed by atoms with E-state index in [1.807, 2.05) is 72.7 Å². The van der Waals surface area contributed by atoms with Gasteiger partial charge in [0.1, 0.15) is 17.8 Å². The second-order valence-electron chi connectivity index (χ2n) is 11.6. The second kappa shape index (κ2) is 14.0. The van der Waals surface area contributed by atoms with Crippen molar-refractivity contribution in [3.05, 3.63) is 41.5 Å². The van der Waals surface area contributed by atoms with Crippen LogP contribution in [-0.4, -0.2) is 71.9 Å². The molecule has 0 bridgehead atoms. The van der Waals surface area contributed by atoms with E-state index in [4.69, 9.17) is 4.74 Å². The van der Waals surface area contributed by atoms with Crippen LogP contribution < -0.4 is 15.4 Å². The molecule has 3 N–H and O–H groups in total. The minimum atomic E-state index is -1.02. The van der Waals surface area contributed by atoms with E-state index in [1.165, 1.54) is 6.92 Å². The Bertz CT molecular complexity index is 983. The first-order chi connectivity index (χ1) is 17.5. The number of nitrogens with zero attached hydrogens (tertiary/aromatic N) is 1. The van der Waals surface area contributed by atoms with E-state index < -0.39 is 34.3 Å². The van der Waals surface area contributed by atoms with Gasteiger partial charge in [-0.05, 0) is 56.8 Å². The summed E-state index contributed by atoms with van der Waals surface area (Å²) < 4.78 is 4.74. The first kappa shape index (κ1) is 33.5. The van der Waals surface area contributed by atoms with Crippen molar-refractivity contribution in [2.45, 2.75) is 84.0 Å². The van der Waals surface area contributed by atoms with E-state index in [-0.39, 0.29) is 23.3 Å². The maximum atomic E-state index is 13.7. The van der Waals surface area contributed by atoms with Crippen molar-refractivity contribution in [1.29, 1.82) is 0 Å². The van der Waals surface area contributed by atoms with Crippen molar-refractivity contribution in [2.24, 2.45) is 11.3 Å². The summed E-state index contributed by atoms with van der Waals surface area (Å²) in [5.41, 5.74) is 0.714. The summed E-state index contributed by atoms with van der Waals surface area (Å²) >= 11 is 1.65. The number of nitrogens with one attached hydrogen (secondary N) is 2. The minimum absolute atomic E-state index is 0.0204. The highest BCUT2D eigenvalue weighted by Crippen LogP contribution is 2.32. The number of benzene rings is 1. The molecule has 0 aliphatic carbocycles. The molecule has 8 nitrogen and oxygen atoms in total. The number of carbonyl (C=O) groups excluding carboxylic acids is 2. The average Bonchev–Trinajstić information content (AvgIpc) is 2.83. The number of carbonyl (C=O) groups is 3. The highest BCUT2D eigenvalue weighted by atomic mass is 32.2. The molecule has 2 amide bonds. The molecular weight excluding hydrogens is 502 g/mol. The predicted molar refractivity (Wildman–Crippen MR) is 155 cm³/mol. The summed E-state index contributed by atoms with van der Waals surface area (Å²) in [6.45, 7) is 15.1. The number of likely N-dealkylation sites (N-methyl/N-ethyl adjacent to an activating group) is 2. The van der Waals surface area contributed by atoms with Crippen LogP contribution in [0.25, 0.3) is 0 Å². The summed E-state index contributed by atoms with van der Waals surface area (Å²) in [4.78, 5) is 40.3. The van der Waals surface area contributed by atoms with Crippen LogP contribution in [0.1, 0.15) is 61.0 Å². The van der Waals surface area contributed by atoms with Crippen molar-refractivity contribution in [3.8, 4) is 5.75 Å². The van der Waals surface area contributed by atoms with E-state index in [9.17, 15) is 19.5 Å². The number of hydrogen-bond acceptors (Lipinski definition) is 6. The number of aliphatic carboxylic acids is 1. The summed E-state index contributed by atoms with van der Waals surface area (Å²) in [7, 11) is 5.04. The third-order valence-corrected chi connectivity index (χ3v) is 8.11. The third-order valence-electron chi connectivity index (χ3n) is 6.65. The zero-order valence-electron chi connectivity index (χ0n) is 24.8. The van der Waals surface area contributed by atoms with E-state index in [1.54, 1.807) is 43.9 Å². The van der Waals surface area contributed by atoms with Gasteiger partial charge in [-0.15, -0.1) is 11.8 Å². The Morgan fingerprint density at radius 3 is 2.05 bits per heavy atom. The lowest BCUT2D eigenvalue weighted by Gasteiger charge is -2.39. The highest BCUT2D eigenvalue weighted by Gasteiger charge is 2.41. The number of hydrogen-bond donors (Lipinski definition) is 3. The monoisotopic (exact) mass is 549 g/mol. The molecule has 1 aromatic carbocycles. The van der Waals surface area contributed by atoms with Gasteiger partial charge in [0.05, 0.1) is 13.2 Å². The number of thioether (sulfide) groups is 1. The number of carboxylic acids is 1. The molecule has 0 heterocycles. The Morgan fingerprint density at radius 2 is 1.63 bits per heavy atom. The molecule has 0 aromatic heterocycles. The lowest BCUT2D eigenvalue weighted by Crippen LogP contribution is -2.61. The molecule has 3 atom stereocenters. The van der Waals surface area contributed by atoms with E-state index >= 15 is 0 Å². The van der Waals surface area contributed by atoms with Crippen molar-refractivity contribution < 1.29 is 24.2 Å². The van der Waals surface area contributed by atoms with Gasteiger partial charge in [-0.3, -0.25) is 9.59 Å². The minimum Gasteiger partial charge on any atom is -0.497 e. The Morgan fingerprint density at radius 1 is 1.08 bits per heavy atom. The molecule has 0 radical (unpaired) electrons. The van der Waals surface area contributed by atoms with Crippen molar-refractivity contribution in [2.75, 3.05) is 21.2 Å². The summed E-state index contributed by atoms with van der Waals surface area (Å²) in [5, 5.41) is 15.5. The van der Waals surface area contributed by atoms with Crippen molar-refractivity contribution >= 4 is 29.5 Å². The van der Waals surface area contributed by atoms with Crippen LogP contribution in [0.5, 0.6) is 5.75 Å². The molecular formula is C29H47N3O5S. The zero-order valence-corrected chi connectivity index (χ0v) is 25.7. The summed E-state index contributed by atoms with van der Waals surface area (Å²) in [6.07, 6.45) is 1.60. The second-order valence-corrected chi connectivity index (χ2v) is 13.2. The molecule has 0 aliphatic rings. The molecule has 0 unspecified atom stereocenters. The van der Waals surface area contributed by atoms with Crippen LogP contribution in [-0.2, 0) is 20.1 Å². The van der Waals surface area contributed by atoms with Crippen LogP contribution >= 0.6 is 11.8 Å². The normalized spacial score (nSPS) is 15.0. The van der Waals surface area contributed by atoms with Gasteiger partial charge < -0.3 is 25.4 Å². The average molecular weight is 550 g/mol. The number of ether oxygens (including phenoxy) is 1. The molecule has 1 rings (SSSR count). The van der Waals surface area contributed by atoms with Crippen molar-refractivity contribution in [1.82, 2.24) is 15.5 Å². The first-order valence-corrected chi connectivity index (χ1v) is 13.9. The van der Waals surface area contributed by atoms with Crippen molar-refractivity contribution in [3.63, 3.8) is 0 Å². The van der Waals surface area contributed by atoms with Gasteiger partial charge in [-0.25, -0.2) is 4.79 Å². The fourth-order valence-corrected chi connectivity index (χ4v) is 5.30. The number of methoxy groups -OCH3 is 1. The third kappa shape index (κ3) is 9.34.